The van der Waals surface area contributed by atoms with Crippen molar-refractivity contribution in [1.29, 1.82) is 0 Å². The number of anilines is 1. The van der Waals surface area contributed by atoms with E-state index in [4.69, 9.17) is 0 Å². The smallest absolute Gasteiger partial charge is 0.416 e. The van der Waals surface area contributed by atoms with Crippen molar-refractivity contribution >= 4 is 17.6 Å². The Balaban J connectivity index is 1.51. The van der Waals surface area contributed by atoms with Gasteiger partial charge >= 0.3 is 17.8 Å². The number of rotatable bonds is 6. The standard InChI is InChI=1S/C24H18F3N5O4/c1-14-12-15(6-11-20(14)28-21(33)18-4-2-3-5-19(18)22(34)35)13-31-23(36)32(30-29-31)17-9-7-16(8-10-17)24(25,26)27/h2-12H,13H2,1H3,(H,28,33)(H,34,35). The Morgan fingerprint density at radius 2 is 1.64 bits per heavy atom. The lowest BCUT2D eigenvalue weighted by atomic mass is 10.1. The summed E-state index contributed by atoms with van der Waals surface area (Å²) in [5.41, 5.74) is 0.283. The maximum absolute atomic E-state index is 12.8. The molecule has 0 atom stereocenters. The van der Waals surface area contributed by atoms with Crippen LogP contribution in [0.4, 0.5) is 18.9 Å². The van der Waals surface area contributed by atoms with Crippen LogP contribution in [0.15, 0.2) is 71.5 Å². The van der Waals surface area contributed by atoms with Gasteiger partial charge in [-0.1, -0.05) is 24.3 Å². The summed E-state index contributed by atoms with van der Waals surface area (Å²) in [6.07, 6.45) is -4.50. The molecular formula is C24H18F3N5O4. The summed E-state index contributed by atoms with van der Waals surface area (Å²) in [6, 6.07) is 14.8. The first-order chi connectivity index (χ1) is 17.0. The molecular weight excluding hydrogens is 479 g/mol. The molecule has 1 aromatic heterocycles. The van der Waals surface area contributed by atoms with Gasteiger partial charge in [0.2, 0.25) is 0 Å². The zero-order valence-corrected chi connectivity index (χ0v) is 18.7. The van der Waals surface area contributed by atoms with E-state index in [1.165, 1.54) is 18.2 Å². The van der Waals surface area contributed by atoms with Gasteiger partial charge in [0.1, 0.15) is 0 Å². The van der Waals surface area contributed by atoms with Gasteiger partial charge in [-0.15, -0.1) is 0 Å². The van der Waals surface area contributed by atoms with Crippen molar-refractivity contribution in [3.63, 3.8) is 0 Å². The van der Waals surface area contributed by atoms with Crippen LogP contribution in [0.1, 0.15) is 37.4 Å². The minimum absolute atomic E-state index is 0.0138. The van der Waals surface area contributed by atoms with Gasteiger partial charge in [-0.3, -0.25) is 4.79 Å². The van der Waals surface area contributed by atoms with Crippen LogP contribution >= 0.6 is 0 Å². The quantitative estimate of drug-likeness (QED) is 0.419. The summed E-state index contributed by atoms with van der Waals surface area (Å²) in [4.78, 5) is 36.7. The Kier molecular flexibility index (Phi) is 6.43. The summed E-state index contributed by atoms with van der Waals surface area (Å²) in [6.45, 7) is 1.75. The number of aromatic carboxylic acids is 1. The predicted octanol–water partition coefficient (Wildman–Crippen LogP) is 3.76. The van der Waals surface area contributed by atoms with Crippen LogP contribution in [0.2, 0.25) is 0 Å². The van der Waals surface area contributed by atoms with Crippen LogP contribution in [0.5, 0.6) is 0 Å². The second-order valence-corrected chi connectivity index (χ2v) is 7.83. The van der Waals surface area contributed by atoms with Crippen molar-refractivity contribution in [3.05, 3.63) is 105 Å². The van der Waals surface area contributed by atoms with Crippen molar-refractivity contribution in [2.24, 2.45) is 0 Å². The summed E-state index contributed by atoms with van der Waals surface area (Å²) in [5, 5.41) is 19.5. The highest BCUT2D eigenvalue weighted by Crippen LogP contribution is 2.29. The minimum Gasteiger partial charge on any atom is -0.478 e. The number of carbonyl (C=O) groups excluding carboxylic acids is 1. The van der Waals surface area contributed by atoms with E-state index >= 15 is 0 Å². The number of carboxylic acids is 1. The van der Waals surface area contributed by atoms with E-state index in [0.29, 0.717) is 16.8 Å². The molecule has 0 unspecified atom stereocenters. The SMILES string of the molecule is Cc1cc(Cn2nnn(-c3ccc(C(F)(F)F)cc3)c2=O)ccc1NC(=O)c1ccccc1C(=O)O. The summed E-state index contributed by atoms with van der Waals surface area (Å²) in [7, 11) is 0. The molecule has 0 radical (unpaired) electrons. The molecule has 0 spiro atoms. The van der Waals surface area contributed by atoms with Crippen molar-refractivity contribution in [2.45, 2.75) is 19.6 Å². The fourth-order valence-corrected chi connectivity index (χ4v) is 3.52. The van der Waals surface area contributed by atoms with E-state index in [1.807, 2.05) is 0 Å². The molecule has 4 aromatic rings. The van der Waals surface area contributed by atoms with E-state index in [0.717, 1.165) is 33.6 Å². The molecule has 0 bridgehead atoms. The number of aromatic nitrogens is 4. The number of benzene rings is 3. The minimum atomic E-state index is -4.50. The van der Waals surface area contributed by atoms with E-state index < -0.39 is 29.3 Å². The molecule has 0 fully saturated rings. The number of nitrogens with zero attached hydrogens (tertiary/aromatic N) is 4. The molecule has 12 heteroatoms. The first kappa shape index (κ1) is 24.4. The number of hydrogen-bond donors (Lipinski definition) is 2. The van der Waals surface area contributed by atoms with Crippen LogP contribution in [-0.4, -0.2) is 36.8 Å². The van der Waals surface area contributed by atoms with Gasteiger partial charge < -0.3 is 10.4 Å². The highest BCUT2D eigenvalue weighted by molar-refractivity contribution is 6.10. The third-order valence-corrected chi connectivity index (χ3v) is 5.35. The number of nitrogens with one attached hydrogen (secondary N) is 1. The lowest BCUT2D eigenvalue weighted by molar-refractivity contribution is -0.137. The average Bonchev–Trinajstić information content (AvgIpc) is 3.20. The van der Waals surface area contributed by atoms with Crippen LogP contribution in [0.25, 0.3) is 5.69 Å². The normalized spacial score (nSPS) is 11.3. The highest BCUT2D eigenvalue weighted by Gasteiger charge is 2.30. The Hall–Kier alpha value is -4.74. The van der Waals surface area contributed by atoms with Gasteiger partial charge in [0.15, 0.2) is 0 Å². The number of hydrogen-bond acceptors (Lipinski definition) is 5. The van der Waals surface area contributed by atoms with Crippen LogP contribution in [0.3, 0.4) is 0 Å². The highest BCUT2D eigenvalue weighted by atomic mass is 19.4. The first-order valence-corrected chi connectivity index (χ1v) is 10.5. The molecule has 0 aliphatic rings. The number of carbonyl (C=O) groups is 2. The molecule has 4 rings (SSSR count). The summed E-state index contributed by atoms with van der Waals surface area (Å²) < 4.78 is 40.2. The van der Waals surface area contributed by atoms with E-state index in [2.05, 4.69) is 15.7 Å². The maximum atomic E-state index is 12.8. The van der Waals surface area contributed by atoms with E-state index in [-0.39, 0.29) is 23.4 Å². The Morgan fingerprint density at radius 1 is 0.972 bits per heavy atom. The van der Waals surface area contributed by atoms with Gasteiger partial charge in [-0.2, -0.15) is 22.5 Å². The van der Waals surface area contributed by atoms with Gasteiger partial charge in [0.25, 0.3) is 5.91 Å². The van der Waals surface area contributed by atoms with E-state index in [1.54, 1.807) is 31.2 Å². The molecule has 9 nitrogen and oxygen atoms in total. The lowest BCUT2D eigenvalue weighted by Gasteiger charge is -2.11. The number of tetrazole rings is 1. The van der Waals surface area contributed by atoms with Gasteiger partial charge in [-0.05, 0) is 70.9 Å². The number of alkyl halides is 3. The number of carboxylic acid groups (broad SMARTS) is 1. The second kappa shape index (κ2) is 9.49. The van der Waals surface area contributed by atoms with Gasteiger partial charge in [0, 0.05) is 5.69 Å². The maximum Gasteiger partial charge on any atom is 0.416 e. The molecule has 184 valence electrons. The van der Waals surface area contributed by atoms with Crippen molar-refractivity contribution < 1.29 is 27.9 Å². The second-order valence-electron chi connectivity index (χ2n) is 7.83. The molecule has 3 aromatic carbocycles. The topological polar surface area (TPSA) is 119 Å². The Bertz CT molecular complexity index is 1510. The van der Waals surface area contributed by atoms with Gasteiger partial charge in [-0.25, -0.2) is 9.59 Å². The summed E-state index contributed by atoms with van der Waals surface area (Å²) in [5.74, 6) is -1.80. The molecule has 2 N–H and O–H groups in total. The zero-order chi connectivity index (χ0) is 26.0. The van der Waals surface area contributed by atoms with Crippen LogP contribution in [0, 0.1) is 6.92 Å². The summed E-state index contributed by atoms with van der Waals surface area (Å²) >= 11 is 0. The monoisotopic (exact) mass is 497 g/mol. The molecule has 0 aliphatic carbocycles. The predicted molar refractivity (Wildman–Crippen MR) is 122 cm³/mol. The lowest BCUT2D eigenvalue weighted by Crippen LogP contribution is -2.25. The molecule has 0 saturated heterocycles. The fraction of sp³-hybridized carbons (Fsp3) is 0.125. The Labute approximate surface area is 201 Å². The van der Waals surface area contributed by atoms with Crippen LogP contribution in [-0.2, 0) is 12.7 Å². The average molecular weight is 497 g/mol. The third-order valence-electron chi connectivity index (χ3n) is 5.35. The molecule has 0 saturated carbocycles. The first-order valence-electron chi connectivity index (χ1n) is 10.5. The third kappa shape index (κ3) is 5.02. The fourth-order valence-electron chi connectivity index (χ4n) is 3.52. The molecule has 36 heavy (non-hydrogen) atoms. The number of aryl methyl sites for hydroxylation is 1. The number of amides is 1. The van der Waals surface area contributed by atoms with E-state index in [9.17, 15) is 32.7 Å². The molecule has 1 amide bonds. The number of halogens is 3. The van der Waals surface area contributed by atoms with Crippen molar-refractivity contribution in [1.82, 2.24) is 19.8 Å². The largest absolute Gasteiger partial charge is 0.478 e. The van der Waals surface area contributed by atoms with Crippen molar-refractivity contribution in [3.8, 4) is 5.69 Å². The molecule has 1 heterocycles. The molecule has 0 aliphatic heterocycles. The zero-order valence-electron chi connectivity index (χ0n) is 18.7. The Morgan fingerprint density at radius 3 is 2.25 bits per heavy atom. The van der Waals surface area contributed by atoms with Crippen molar-refractivity contribution in [2.75, 3.05) is 5.32 Å². The van der Waals surface area contributed by atoms with Crippen LogP contribution < -0.4 is 11.0 Å². The van der Waals surface area contributed by atoms with Gasteiger partial charge in [0.05, 0.1) is 28.9 Å².